The minimum absolute atomic E-state index is 0.409. The Morgan fingerprint density at radius 2 is 2.18 bits per heavy atom. The molecule has 0 amide bonds. The first-order chi connectivity index (χ1) is 8.24. The molecular weight excluding hydrogens is 214 g/mol. The highest BCUT2D eigenvalue weighted by atomic mass is 16.1. The van der Waals surface area contributed by atoms with Crippen molar-refractivity contribution in [2.24, 2.45) is 0 Å². The van der Waals surface area contributed by atoms with Crippen molar-refractivity contribution < 1.29 is 4.79 Å². The van der Waals surface area contributed by atoms with Gasteiger partial charge in [-0.05, 0) is 31.0 Å². The van der Waals surface area contributed by atoms with Crippen molar-refractivity contribution in [1.29, 1.82) is 0 Å². The molecule has 0 saturated heterocycles. The van der Waals surface area contributed by atoms with Gasteiger partial charge in [0.25, 0.3) is 0 Å². The number of hydrogen-bond donors (Lipinski definition) is 0. The third kappa shape index (κ3) is 2.36. The molecule has 0 aliphatic carbocycles. The van der Waals surface area contributed by atoms with E-state index in [1.807, 2.05) is 19.2 Å². The lowest BCUT2D eigenvalue weighted by molar-refractivity contribution is 0.111. The van der Waals surface area contributed by atoms with Crippen LogP contribution in [-0.4, -0.2) is 21.2 Å². The van der Waals surface area contributed by atoms with Crippen LogP contribution in [0.5, 0.6) is 0 Å². The number of pyridine rings is 1. The van der Waals surface area contributed by atoms with Crippen molar-refractivity contribution in [2.75, 3.05) is 0 Å². The van der Waals surface area contributed by atoms with Gasteiger partial charge in [-0.2, -0.15) is 0 Å². The van der Waals surface area contributed by atoms with Gasteiger partial charge in [0.1, 0.15) is 5.69 Å². The van der Waals surface area contributed by atoms with Gasteiger partial charge in [-0.15, -0.1) is 0 Å². The van der Waals surface area contributed by atoms with Crippen LogP contribution in [0.25, 0.3) is 11.4 Å². The molecule has 0 spiro atoms. The number of carbonyl (C=O) groups excluding carboxylic acids is 1. The van der Waals surface area contributed by atoms with Crippen molar-refractivity contribution >= 4 is 6.29 Å². The second-order valence-corrected chi connectivity index (χ2v) is 3.76. The average molecular weight is 227 g/mol. The zero-order valence-corrected chi connectivity index (χ0v) is 9.84. The first-order valence-corrected chi connectivity index (χ1v) is 5.48. The van der Waals surface area contributed by atoms with Gasteiger partial charge in [-0.1, -0.05) is 6.92 Å². The van der Waals surface area contributed by atoms with Crippen LogP contribution in [0.2, 0.25) is 0 Å². The lowest BCUT2D eigenvalue weighted by atomic mass is 10.1. The molecule has 0 fully saturated rings. The Balaban J connectivity index is 2.59. The number of aromatic nitrogens is 3. The van der Waals surface area contributed by atoms with Crippen LogP contribution in [0.3, 0.4) is 0 Å². The Kier molecular flexibility index (Phi) is 3.23. The molecule has 0 radical (unpaired) electrons. The minimum atomic E-state index is 0.409. The molecule has 0 N–H and O–H groups in total. The van der Waals surface area contributed by atoms with Crippen LogP contribution >= 0.6 is 0 Å². The Bertz CT molecular complexity index is 552. The normalized spacial score (nSPS) is 10.2. The summed E-state index contributed by atoms with van der Waals surface area (Å²) < 4.78 is 0. The van der Waals surface area contributed by atoms with E-state index >= 15 is 0 Å². The van der Waals surface area contributed by atoms with Crippen molar-refractivity contribution in [1.82, 2.24) is 15.0 Å². The van der Waals surface area contributed by atoms with Crippen molar-refractivity contribution in [3.63, 3.8) is 0 Å². The van der Waals surface area contributed by atoms with Crippen molar-refractivity contribution in [2.45, 2.75) is 20.3 Å². The predicted octanol–water partition coefficient (Wildman–Crippen LogP) is 2.22. The van der Waals surface area contributed by atoms with Gasteiger partial charge >= 0.3 is 0 Å². The molecule has 2 aromatic heterocycles. The maximum Gasteiger partial charge on any atom is 0.168 e. The standard InChI is InChI=1S/C13H13N3O/c1-3-10-7-14-5-4-12(10)13-15-9(2)6-11(8-17)16-13/h4-8H,3H2,1-2H3. The predicted molar refractivity (Wildman–Crippen MR) is 64.8 cm³/mol. The van der Waals surface area contributed by atoms with E-state index in [-0.39, 0.29) is 0 Å². The van der Waals surface area contributed by atoms with Gasteiger partial charge < -0.3 is 0 Å². The first kappa shape index (κ1) is 11.4. The molecule has 2 rings (SSSR count). The van der Waals surface area contributed by atoms with E-state index in [9.17, 15) is 4.79 Å². The zero-order chi connectivity index (χ0) is 12.3. The fraction of sp³-hybridized carbons (Fsp3) is 0.231. The number of rotatable bonds is 3. The zero-order valence-electron chi connectivity index (χ0n) is 9.84. The van der Waals surface area contributed by atoms with E-state index in [1.165, 1.54) is 0 Å². The summed E-state index contributed by atoms with van der Waals surface area (Å²) in [4.78, 5) is 23.5. The summed E-state index contributed by atoms with van der Waals surface area (Å²) in [5.74, 6) is 0.589. The van der Waals surface area contributed by atoms with E-state index < -0.39 is 0 Å². The lowest BCUT2D eigenvalue weighted by Gasteiger charge is -2.06. The monoisotopic (exact) mass is 227 g/mol. The third-order valence-electron chi connectivity index (χ3n) is 2.52. The summed E-state index contributed by atoms with van der Waals surface area (Å²) in [7, 11) is 0. The van der Waals surface area contributed by atoms with E-state index in [0.717, 1.165) is 29.5 Å². The highest BCUT2D eigenvalue weighted by Crippen LogP contribution is 2.20. The lowest BCUT2D eigenvalue weighted by Crippen LogP contribution is -1.99. The number of hydrogen-bond acceptors (Lipinski definition) is 4. The molecule has 0 atom stereocenters. The summed E-state index contributed by atoms with van der Waals surface area (Å²) in [5.41, 5.74) is 3.21. The second-order valence-electron chi connectivity index (χ2n) is 3.76. The van der Waals surface area contributed by atoms with Crippen LogP contribution in [0.15, 0.2) is 24.5 Å². The summed E-state index contributed by atoms with van der Waals surface area (Å²) >= 11 is 0. The highest BCUT2D eigenvalue weighted by molar-refractivity contribution is 5.73. The molecule has 2 heterocycles. The quantitative estimate of drug-likeness (QED) is 0.754. The molecular formula is C13H13N3O. The molecule has 2 aromatic rings. The van der Waals surface area contributed by atoms with Crippen LogP contribution in [0, 0.1) is 6.92 Å². The minimum Gasteiger partial charge on any atom is -0.296 e. The SMILES string of the molecule is CCc1cnccc1-c1nc(C)cc(C=O)n1. The topological polar surface area (TPSA) is 55.7 Å². The number of aryl methyl sites for hydroxylation is 2. The van der Waals surface area contributed by atoms with Gasteiger partial charge in [0.2, 0.25) is 0 Å². The van der Waals surface area contributed by atoms with Gasteiger partial charge in [-0.25, -0.2) is 9.97 Å². The molecule has 0 unspecified atom stereocenters. The summed E-state index contributed by atoms with van der Waals surface area (Å²) in [6, 6.07) is 3.55. The number of carbonyl (C=O) groups is 1. The fourth-order valence-corrected chi connectivity index (χ4v) is 1.70. The van der Waals surface area contributed by atoms with Gasteiger partial charge in [0.15, 0.2) is 12.1 Å². The number of aldehydes is 1. The Labute approximate surface area is 99.8 Å². The smallest absolute Gasteiger partial charge is 0.168 e. The summed E-state index contributed by atoms with van der Waals surface area (Å²) in [6.45, 7) is 3.90. The van der Waals surface area contributed by atoms with E-state index in [1.54, 1.807) is 12.3 Å². The van der Waals surface area contributed by atoms with Crippen LogP contribution in [-0.2, 0) is 6.42 Å². The molecule has 0 aliphatic rings. The molecule has 0 bridgehead atoms. The maximum absolute atomic E-state index is 10.8. The summed E-state index contributed by atoms with van der Waals surface area (Å²) in [5, 5.41) is 0. The molecule has 86 valence electrons. The third-order valence-corrected chi connectivity index (χ3v) is 2.52. The van der Waals surface area contributed by atoms with Crippen molar-refractivity contribution in [3.05, 3.63) is 41.5 Å². The molecule has 17 heavy (non-hydrogen) atoms. The van der Waals surface area contributed by atoms with Gasteiger partial charge in [0, 0.05) is 23.7 Å². The Morgan fingerprint density at radius 3 is 2.88 bits per heavy atom. The largest absolute Gasteiger partial charge is 0.296 e. The average Bonchev–Trinajstić information content (AvgIpc) is 2.37. The fourth-order valence-electron chi connectivity index (χ4n) is 1.70. The van der Waals surface area contributed by atoms with Crippen molar-refractivity contribution in [3.8, 4) is 11.4 Å². The van der Waals surface area contributed by atoms with E-state index in [2.05, 4.69) is 21.9 Å². The Hall–Kier alpha value is -2.10. The molecule has 0 aliphatic heterocycles. The number of nitrogens with zero attached hydrogens (tertiary/aromatic N) is 3. The van der Waals surface area contributed by atoms with Gasteiger partial charge in [0.05, 0.1) is 0 Å². The first-order valence-electron chi connectivity index (χ1n) is 5.48. The molecule has 0 saturated carbocycles. The molecule has 4 heteroatoms. The van der Waals surface area contributed by atoms with Gasteiger partial charge in [-0.3, -0.25) is 9.78 Å². The second kappa shape index (κ2) is 4.82. The van der Waals surface area contributed by atoms with Crippen LogP contribution in [0.4, 0.5) is 0 Å². The van der Waals surface area contributed by atoms with Crippen LogP contribution < -0.4 is 0 Å². The summed E-state index contributed by atoms with van der Waals surface area (Å²) in [6.07, 6.45) is 5.12. The van der Waals surface area contributed by atoms with Crippen LogP contribution in [0.1, 0.15) is 28.7 Å². The van der Waals surface area contributed by atoms with E-state index in [0.29, 0.717) is 11.5 Å². The van der Waals surface area contributed by atoms with E-state index in [4.69, 9.17) is 0 Å². The molecule has 0 aromatic carbocycles. The highest BCUT2D eigenvalue weighted by Gasteiger charge is 2.08. The Morgan fingerprint density at radius 1 is 1.35 bits per heavy atom. The molecule has 4 nitrogen and oxygen atoms in total. The maximum atomic E-state index is 10.8.